The third-order valence-corrected chi connectivity index (χ3v) is 3.93. The van der Waals surface area contributed by atoms with Gasteiger partial charge in [0.25, 0.3) is 0 Å². The van der Waals surface area contributed by atoms with Gasteiger partial charge in [0.15, 0.2) is 5.78 Å². The van der Waals surface area contributed by atoms with Crippen molar-refractivity contribution in [1.29, 1.82) is 0 Å². The van der Waals surface area contributed by atoms with Gasteiger partial charge in [0.1, 0.15) is 0 Å². The molecule has 3 nitrogen and oxygen atoms in total. The first kappa shape index (κ1) is 12.1. The van der Waals surface area contributed by atoms with Crippen LogP contribution in [0.4, 0.5) is 0 Å². The van der Waals surface area contributed by atoms with E-state index in [4.69, 9.17) is 5.11 Å². The van der Waals surface area contributed by atoms with Gasteiger partial charge in [-0.3, -0.25) is 4.79 Å². The number of hydrogen-bond donors (Lipinski definition) is 1. The molecule has 3 rings (SSSR count). The van der Waals surface area contributed by atoms with Crippen LogP contribution in [0.25, 0.3) is 11.1 Å². The molecule has 0 spiro atoms. The van der Waals surface area contributed by atoms with E-state index < -0.39 is 5.97 Å². The summed E-state index contributed by atoms with van der Waals surface area (Å²) >= 11 is 3.37. The van der Waals surface area contributed by atoms with Crippen molar-refractivity contribution in [3.8, 4) is 11.1 Å². The van der Waals surface area contributed by atoms with Gasteiger partial charge >= 0.3 is 5.97 Å². The van der Waals surface area contributed by atoms with E-state index in [9.17, 15) is 9.59 Å². The summed E-state index contributed by atoms with van der Waals surface area (Å²) in [5, 5.41) is 9.60. The first-order valence-corrected chi connectivity index (χ1v) is 6.86. The number of aromatic carboxylic acids is 1. The quantitative estimate of drug-likeness (QED) is 0.736. The van der Waals surface area contributed by atoms with Crippen LogP contribution in [-0.4, -0.2) is 16.9 Å². The zero-order chi connectivity index (χ0) is 13.6. The highest BCUT2D eigenvalue weighted by molar-refractivity contribution is 9.08. The molecule has 0 fully saturated rings. The third-order valence-electron chi connectivity index (χ3n) is 3.32. The second kappa shape index (κ2) is 4.31. The highest BCUT2D eigenvalue weighted by Crippen LogP contribution is 2.39. The maximum absolute atomic E-state index is 12.4. The molecule has 0 aromatic heterocycles. The van der Waals surface area contributed by atoms with Crippen molar-refractivity contribution in [3.63, 3.8) is 0 Å². The Morgan fingerprint density at radius 2 is 1.89 bits per heavy atom. The zero-order valence-electron chi connectivity index (χ0n) is 9.81. The number of carbonyl (C=O) groups excluding carboxylic acids is 1. The predicted molar refractivity (Wildman–Crippen MR) is 74.9 cm³/mol. The molecule has 0 saturated heterocycles. The summed E-state index contributed by atoms with van der Waals surface area (Å²) in [6, 6.07) is 10.4. The smallest absolute Gasteiger partial charge is 0.335 e. The minimum atomic E-state index is -1.02. The number of ketones is 1. The lowest BCUT2D eigenvalue weighted by Crippen LogP contribution is -2.02. The lowest BCUT2D eigenvalue weighted by molar-refractivity contribution is 0.0697. The van der Waals surface area contributed by atoms with E-state index >= 15 is 0 Å². The first-order chi connectivity index (χ1) is 9.13. The molecule has 94 valence electrons. The van der Waals surface area contributed by atoms with Crippen molar-refractivity contribution >= 4 is 27.7 Å². The molecule has 0 aliphatic heterocycles. The van der Waals surface area contributed by atoms with Crippen molar-refractivity contribution in [3.05, 3.63) is 58.7 Å². The van der Waals surface area contributed by atoms with Gasteiger partial charge < -0.3 is 5.11 Å². The summed E-state index contributed by atoms with van der Waals surface area (Å²) < 4.78 is 0. The summed E-state index contributed by atoms with van der Waals surface area (Å²) in [5.74, 6) is -1.12. The number of carboxylic acid groups (broad SMARTS) is 1. The fourth-order valence-electron chi connectivity index (χ4n) is 2.44. The highest BCUT2D eigenvalue weighted by atomic mass is 79.9. The number of carboxylic acids is 1. The lowest BCUT2D eigenvalue weighted by atomic mass is 10.0. The average Bonchev–Trinajstić information content (AvgIpc) is 2.72. The molecule has 1 aliphatic carbocycles. The second-order valence-electron chi connectivity index (χ2n) is 4.37. The van der Waals surface area contributed by atoms with E-state index in [-0.39, 0.29) is 11.3 Å². The maximum atomic E-state index is 12.4. The van der Waals surface area contributed by atoms with Gasteiger partial charge in [0.05, 0.1) is 5.56 Å². The van der Waals surface area contributed by atoms with Crippen LogP contribution in [0.3, 0.4) is 0 Å². The van der Waals surface area contributed by atoms with Crippen molar-refractivity contribution < 1.29 is 14.7 Å². The van der Waals surface area contributed by atoms with Crippen LogP contribution in [0.15, 0.2) is 36.4 Å². The molecule has 2 aromatic rings. The molecule has 0 unspecified atom stereocenters. The minimum absolute atomic E-state index is 0.0943. The Bertz CT molecular complexity index is 719. The van der Waals surface area contributed by atoms with Crippen LogP contribution in [0.2, 0.25) is 0 Å². The summed E-state index contributed by atoms with van der Waals surface area (Å²) in [5.41, 5.74) is 3.91. The SMILES string of the molecule is O=C(O)c1ccc2c(c1)C(=O)c1c(CBr)cccc1-2. The Morgan fingerprint density at radius 1 is 1.11 bits per heavy atom. The summed E-state index contributed by atoms with van der Waals surface area (Å²) in [6.07, 6.45) is 0. The van der Waals surface area contributed by atoms with Gasteiger partial charge in [-0.25, -0.2) is 4.79 Å². The molecule has 0 bridgehead atoms. The van der Waals surface area contributed by atoms with E-state index in [2.05, 4.69) is 15.9 Å². The Hall–Kier alpha value is -1.94. The van der Waals surface area contributed by atoms with E-state index in [1.54, 1.807) is 6.07 Å². The fourth-order valence-corrected chi connectivity index (χ4v) is 2.91. The van der Waals surface area contributed by atoms with E-state index in [0.29, 0.717) is 16.5 Å². The molecule has 0 radical (unpaired) electrons. The van der Waals surface area contributed by atoms with Crippen LogP contribution in [0, 0.1) is 0 Å². The predicted octanol–water partition coefficient (Wildman–Crippen LogP) is 3.49. The van der Waals surface area contributed by atoms with Gasteiger partial charge in [-0.05, 0) is 28.8 Å². The van der Waals surface area contributed by atoms with Gasteiger partial charge in [0.2, 0.25) is 0 Å². The third kappa shape index (κ3) is 1.71. The molecular weight excluding hydrogens is 308 g/mol. The summed E-state index contributed by atoms with van der Waals surface area (Å²) in [7, 11) is 0. The van der Waals surface area contributed by atoms with Crippen LogP contribution >= 0.6 is 15.9 Å². The van der Waals surface area contributed by atoms with Gasteiger partial charge in [-0.1, -0.05) is 40.2 Å². The fraction of sp³-hybridized carbons (Fsp3) is 0.0667. The lowest BCUT2D eigenvalue weighted by Gasteiger charge is -2.03. The van der Waals surface area contributed by atoms with Crippen LogP contribution < -0.4 is 0 Å². The first-order valence-electron chi connectivity index (χ1n) is 5.73. The highest BCUT2D eigenvalue weighted by Gasteiger charge is 2.29. The molecular formula is C15H9BrO3. The molecule has 1 N–H and O–H groups in total. The number of benzene rings is 2. The average molecular weight is 317 g/mol. The normalized spacial score (nSPS) is 12.2. The van der Waals surface area contributed by atoms with Crippen molar-refractivity contribution in [1.82, 2.24) is 0 Å². The van der Waals surface area contributed by atoms with E-state index in [0.717, 1.165) is 16.7 Å². The summed E-state index contributed by atoms with van der Waals surface area (Å²) in [6.45, 7) is 0. The molecule has 0 amide bonds. The number of fused-ring (bicyclic) bond motifs is 3. The Morgan fingerprint density at radius 3 is 2.58 bits per heavy atom. The molecule has 4 heteroatoms. The van der Waals surface area contributed by atoms with E-state index in [1.165, 1.54) is 12.1 Å². The molecule has 19 heavy (non-hydrogen) atoms. The largest absolute Gasteiger partial charge is 0.478 e. The number of hydrogen-bond acceptors (Lipinski definition) is 2. The number of carbonyl (C=O) groups is 2. The zero-order valence-corrected chi connectivity index (χ0v) is 11.4. The Labute approximate surface area is 118 Å². The number of halogens is 1. The monoisotopic (exact) mass is 316 g/mol. The standard InChI is InChI=1S/C15H9BrO3/c16-7-9-2-1-3-11-10-5-4-8(15(18)19)6-12(10)14(17)13(9)11/h1-6H,7H2,(H,18,19). The van der Waals surface area contributed by atoms with Crippen LogP contribution in [-0.2, 0) is 5.33 Å². The minimum Gasteiger partial charge on any atom is -0.478 e. The van der Waals surface area contributed by atoms with Crippen molar-refractivity contribution in [2.24, 2.45) is 0 Å². The topological polar surface area (TPSA) is 54.4 Å². The molecule has 0 saturated carbocycles. The van der Waals surface area contributed by atoms with Crippen molar-refractivity contribution in [2.45, 2.75) is 5.33 Å². The molecule has 1 aliphatic rings. The van der Waals surface area contributed by atoms with Crippen LogP contribution in [0.5, 0.6) is 0 Å². The van der Waals surface area contributed by atoms with E-state index in [1.807, 2.05) is 18.2 Å². The second-order valence-corrected chi connectivity index (χ2v) is 4.93. The Balaban J connectivity index is 2.27. The molecule has 2 aromatic carbocycles. The van der Waals surface area contributed by atoms with Crippen molar-refractivity contribution in [2.75, 3.05) is 0 Å². The van der Waals surface area contributed by atoms with Crippen LogP contribution in [0.1, 0.15) is 31.8 Å². The number of rotatable bonds is 2. The molecule has 0 heterocycles. The van der Waals surface area contributed by atoms with Gasteiger partial charge in [-0.15, -0.1) is 0 Å². The number of alkyl halides is 1. The maximum Gasteiger partial charge on any atom is 0.335 e. The van der Waals surface area contributed by atoms with Gasteiger partial charge in [-0.2, -0.15) is 0 Å². The molecule has 0 atom stereocenters. The Kier molecular flexibility index (Phi) is 2.75. The summed E-state index contributed by atoms with van der Waals surface area (Å²) in [4.78, 5) is 23.4. The van der Waals surface area contributed by atoms with Gasteiger partial charge in [0, 0.05) is 16.5 Å².